The first-order valence-electron chi connectivity index (χ1n) is 21.1. The van der Waals surface area contributed by atoms with E-state index >= 15 is 0 Å². The second-order valence-corrected chi connectivity index (χ2v) is 14.5. The number of halogens is 1. The van der Waals surface area contributed by atoms with Crippen molar-refractivity contribution < 1.29 is 31.6 Å². The van der Waals surface area contributed by atoms with E-state index < -0.39 is 0 Å². The molecule has 0 aromatic heterocycles. The SMILES string of the molecule is CCCCCCCC/C=C\CCCCCCCC(=O)OCCN1CC[N+](CCO)=C1C(C)CCCCCC/C=C\CCCCCCCC.[Cl-]. The van der Waals surface area contributed by atoms with Crippen molar-refractivity contribution in [2.45, 2.75) is 194 Å². The predicted octanol–water partition coefficient (Wildman–Crippen LogP) is 8.57. The zero-order chi connectivity index (χ0) is 34.8. The molecule has 1 atom stereocenters. The third kappa shape index (κ3) is 28.0. The molecule has 1 heterocycles. The van der Waals surface area contributed by atoms with Gasteiger partial charge in [-0.15, -0.1) is 0 Å². The quantitative estimate of drug-likeness (QED) is 0.0310. The Morgan fingerprint density at radius 2 is 1.16 bits per heavy atom. The molecule has 0 bridgehead atoms. The lowest BCUT2D eigenvalue weighted by Crippen LogP contribution is -3.00. The zero-order valence-electron chi connectivity index (χ0n) is 32.8. The zero-order valence-corrected chi connectivity index (χ0v) is 33.5. The van der Waals surface area contributed by atoms with Gasteiger partial charge in [-0.1, -0.05) is 148 Å². The molecule has 0 spiro atoms. The fourth-order valence-electron chi connectivity index (χ4n) is 7.02. The molecule has 0 saturated heterocycles. The van der Waals surface area contributed by atoms with Crippen LogP contribution in [0.3, 0.4) is 0 Å². The average Bonchev–Trinajstić information content (AvgIpc) is 3.48. The van der Waals surface area contributed by atoms with Crippen LogP contribution in [-0.2, 0) is 9.53 Å². The highest BCUT2D eigenvalue weighted by molar-refractivity contribution is 5.80. The molecule has 0 aliphatic carbocycles. The number of hydrogen-bond acceptors (Lipinski definition) is 4. The Balaban J connectivity index is 0.0000230. The Kier molecular flexibility index (Phi) is 35.5. The van der Waals surface area contributed by atoms with Crippen LogP contribution in [-0.4, -0.2) is 65.8 Å². The van der Waals surface area contributed by atoms with Crippen molar-refractivity contribution in [2.24, 2.45) is 5.92 Å². The molecule has 0 aromatic carbocycles. The third-order valence-electron chi connectivity index (χ3n) is 10.0. The van der Waals surface area contributed by atoms with Crippen LogP contribution in [0.5, 0.6) is 0 Å². The molecule has 288 valence electrons. The summed E-state index contributed by atoms with van der Waals surface area (Å²) < 4.78 is 8.01. The molecule has 6 heteroatoms. The standard InChI is InChI=1S/C43H81N2O3.ClH/c1-4-6-8-10-12-14-16-18-20-22-24-26-28-30-32-34-42(47)48-40-38-45-36-35-44(37-39-46)43(45)41(3)33-31-29-27-25-23-21-19-17-15-13-11-9-7-5-2;/h18-21,41,46H,4-17,22-40H2,1-3H3;1H/q+1;/p-1/b20-18-,21-19-;. The molecule has 0 fully saturated rings. The highest BCUT2D eigenvalue weighted by atomic mass is 35.5. The van der Waals surface area contributed by atoms with Gasteiger partial charge in [-0.25, -0.2) is 0 Å². The summed E-state index contributed by atoms with van der Waals surface area (Å²) in [4.78, 5) is 14.8. The first-order chi connectivity index (χ1) is 23.6. The highest BCUT2D eigenvalue weighted by Gasteiger charge is 2.34. The van der Waals surface area contributed by atoms with E-state index in [4.69, 9.17) is 4.74 Å². The average molecular weight is 710 g/mol. The summed E-state index contributed by atoms with van der Waals surface area (Å²) in [5, 5.41) is 9.65. The number of aliphatic hydroxyl groups is 1. The monoisotopic (exact) mass is 709 g/mol. The predicted molar refractivity (Wildman–Crippen MR) is 208 cm³/mol. The summed E-state index contributed by atoms with van der Waals surface area (Å²) in [5.41, 5.74) is 0. The first-order valence-corrected chi connectivity index (χ1v) is 21.1. The molecule has 1 unspecified atom stereocenters. The molecule has 0 aromatic rings. The van der Waals surface area contributed by atoms with Crippen molar-refractivity contribution in [2.75, 3.05) is 39.4 Å². The molecule has 49 heavy (non-hydrogen) atoms. The number of esters is 1. The van der Waals surface area contributed by atoms with E-state index in [0.29, 0.717) is 25.5 Å². The Morgan fingerprint density at radius 3 is 1.65 bits per heavy atom. The van der Waals surface area contributed by atoms with Crippen molar-refractivity contribution in [1.82, 2.24) is 4.90 Å². The van der Waals surface area contributed by atoms with Gasteiger partial charge in [0.1, 0.15) is 32.8 Å². The molecule has 1 rings (SSSR count). The maximum atomic E-state index is 12.4. The number of carbonyl (C=O) groups excluding carboxylic acids is 1. The van der Waals surface area contributed by atoms with Crippen LogP contribution in [0.2, 0.25) is 0 Å². The summed E-state index contributed by atoms with van der Waals surface area (Å²) in [7, 11) is 0. The van der Waals surface area contributed by atoms with Gasteiger partial charge in [-0.3, -0.25) is 14.3 Å². The lowest BCUT2D eigenvalue weighted by atomic mass is 10.00. The van der Waals surface area contributed by atoms with E-state index in [9.17, 15) is 9.90 Å². The molecule has 5 nitrogen and oxygen atoms in total. The molecular formula is C43H81ClN2O3. The fourth-order valence-corrected chi connectivity index (χ4v) is 7.02. The molecule has 0 radical (unpaired) electrons. The molecule has 0 saturated carbocycles. The second-order valence-electron chi connectivity index (χ2n) is 14.5. The van der Waals surface area contributed by atoms with Crippen LogP contribution in [0.1, 0.15) is 194 Å². The molecule has 0 amide bonds. The Hall–Kier alpha value is -1.33. The van der Waals surface area contributed by atoms with Crippen LogP contribution >= 0.6 is 0 Å². The number of rotatable bonds is 35. The number of aliphatic hydroxyl groups excluding tert-OH is 1. The maximum Gasteiger partial charge on any atom is 0.305 e. The minimum absolute atomic E-state index is 0. The van der Waals surface area contributed by atoms with Crippen molar-refractivity contribution >= 4 is 11.8 Å². The van der Waals surface area contributed by atoms with Gasteiger partial charge in [0.05, 0.1) is 12.5 Å². The number of carbonyl (C=O) groups is 1. The fraction of sp³-hybridized carbons (Fsp3) is 0.860. The first kappa shape index (κ1) is 47.7. The molecule has 1 aliphatic heterocycles. The largest absolute Gasteiger partial charge is 1.00 e. The van der Waals surface area contributed by atoms with Gasteiger partial charge in [0.15, 0.2) is 0 Å². The topological polar surface area (TPSA) is 52.8 Å². The Labute approximate surface area is 311 Å². The number of nitrogens with zero attached hydrogens (tertiary/aromatic N) is 2. The van der Waals surface area contributed by atoms with Crippen molar-refractivity contribution in [3.63, 3.8) is 0 Å². The summed E-state index contributed by atoms with van der Waals surface area (Å²) in [6.45, 7) is 10.9. The van der Waals surface area contributed by atoms with E-state index in [1.165, 1.54) is 160 Å². The molecule has 1 N–H and O–H groups in total. The van der Waals surface area contributed by atoms with Gasteiger partial charge < -0.3 is 22.3 Å². The van der Waals surface area contributed by atoms with E-state index in [1.54, 1.807) is 0 Å². The van der Waals surface area contributed by atoms with Crippen molar-refractivity contribution in [3.8, 4) is 0 Å². The van der Waals surface area contributed by atoms with E-state index in [1.807, 2.05) is 0 Å². The smallest absolute Gasteiger partial charge is 0.305 e. The minimum Gasteiger partial charge on any atom is -1.00 e. The lowest BCUT2D eigenvalue weighted by molar-refractivity contribution is -0.522. The minimum atomic E-state index is -0.0501. The Morgan fingerprint density at radius 1 is 0.714 bits per heavy atom. The third-order valence-corrected chi connectivity index (χ3v) is 10.0. The summed E-state index contributed by atoms with van der Waals surface area (Å²) in [5.74, 6) is 1.75. The van der Waals surface area contributed by atoms with Gasteiger partial charge >= 0.3 is 5.97 Å². The number of allylic oxidation sites excluding steroid dienone is 4. The number of β-amino-alcohol motifs (C(OH)–C–C–N with tert-alkyl or cyclic N) is 1. The van der Waals surface area contributed by atoms with Crippen LogP contribution in [0, 0.1) is 5.92 Å². The summed E-state index contributed by atoms with van der Waals surface area (Å²) >= 11 is 0. The number of amidine groups is 1. The van der Waals surface area contributed by atoms with Crippen LogP contribution < -0.4 is 12.4 Å². The number of hydrogen-bond donors (Lipinski definition) is 1. The summed E-state index contributed by atoms with van der Waals surface area (Å²) in [6, 6.07) is 0. The maximum absolute atomic E-state index is 12.4. The van der Waals surface area contributed by atoms with Crippen LogP contribution in [0.15, 0.2) is 24.3 Å². The highest BCUT2D eigenvalue weighted by Crippen LogP contribution is 2.18. The molecule has 1 aliphatic rings. The second kappa shape index (κ2) is 36.5. The number of ether oxygens (including phenoxy) is 1. The van der Waals surface area contributed by atoms with E-state index in [2.05, 4.69) is 54.6 Å². The molecular weight excluding hydrogens is 628 g/mol. The van der Waals surface area contributed by atoms with E-state index in [0.717, 1.165) is 32.5 Å². The van der Waals surface area contributed by atoms with E-state index in [-0.39, 0.29) is 25.0 Å². The number of unbranched alkanes of at least 4 members (excludes halogenated alkanes) is 21. The van der Waals surface area contributed by atoms with Gasteiger partial charge in [0, 0.05) is 6.42 Å². The summed E-state index contributed by atoms with van der Waals surface area (Å²) in [6.07, 6.45) is 43.6. The Bertz CT molecular complexity index is 828. The normalized spacial score (nSPS) is 14.0. The van der Waals surface area contributed by atoms with Gasteiger partial charge in [-0.2, -0.15) is 0 Å². The van der Waals surface area contributed by atoms with Crippen molar-refractivity contribution in [1.29, 1.82) is 0 Å². The van der Waals surface area contributed by atoms with Gasteiger partial charge in [0.25, 0.3) is 0 Å². The van der Waals surface area contributed by atoms with Gasteiger partial charge in [0.2, 0.25) is 5.84 Å². The lowest BCUT2D eigenvalue weighted by Gasteiger charge is -2.19. The van der Waals surface area contributed by atoms with Crippen LogP contribution in [0.4, 0.5) is 0 Å². The van der Waals surface area contributed by atoms with Crippen LogP contribution in [0.25, 0.3) is 0 Å². The van der Waals surface area contributed by atoms with Gasteiger partial charge in [-0.05, 0) is 64.2 Å². The van der Waals surface area contributed by atoms with Crippen molar-refractivity contribution in [3.05, 3.63) is 24.3 Å².